The van der Waals surface area contributed by atoms with Crippen molar-refractivity contribution in [3.8, 4) is 0 Å². The number of aliphatic hydroxyl groups is 1. The standard InChI is InChI=1S/C15H20N2O2/c1-15(2,3)16-13(19)9-17-8-7-11-5-4-6-12(10-18)14(11)17/h4-8,18H,9-10H2,1-3H3,(H,16,19). The maximum absolute atomic E-state index is 12.0. The molecule has 0 aliphatic carbocycles. The summed E-state index contributed by atoms with van der Waals surface area (Å²) >= 11 is 0. The summed E-state index contributed by atoms with van der Waals surface area (Å²) in [4.78, 5) is 12.0. The lowest BCUT2D eigenvalue weighted by atomic mass is 10.1. The summed E-state index contributed by atoms with van der Waals surface area (Å²) in [6.07, 6.45) is 1.88. The van der Waals surface area contributed by atoms with Crippen molar-refractivity contribution in [3.05, 3.63) is 36.0 Å². The van der Waals surface area contributed by atoms with Crippen LogP contribution in [0.2, 0.25) is 0 Å². The van der Waals surface area contributed by atoms with Gasteiger partial charge in [-0.3, -0.25) is 4.79 Å². The van der Waals surface area contributed by atoms with E-state index >= 15 is 0 Å². The maximum Gasteiger partial charge on any atom is 0.240 e. The van der Waals surface area contributed by atoms with Gasteiger partial charge in [-0.15, -0.1) is 0 Å². The van der Waals surface area contributed by atoms with Crippen LogP contribution in [-0.4, -0.2) is 21.1 Å². The first kappa shape index (κ1) is 13.6. The molecule has 0 saturated heterocycles. The SMILES string of the molecule is CC(C)(C)NC(=O)Cn1ccc2cccc(CO)c21. The van der Waals surface area contributed by atoms with Crippen LogP contribution in [0.1, 0.15) is 26.3 Å². The summed E-state index contributed by atoms with van der Waals surface area (Å²) in [5.41, 5.74) is 1.53. The second kappa shape index (κ2) is 5.05. The Bertz CT molecular complexity index is 594. The normalized spacial score (nSPS) is 11.8. The summed E-state index contributed by atoms with van der Waals surface area (Å²) in [5, 5.41) is 13.4. The lowest BCUT2D eigenvalue weighted by molar-refractivity contribution is -0.123. The van der Waals surface area contributed by atoms with E-state index in [0.29, 0.717) is 0 Å². The van der Waals surface area contributed by atoms with Gasteiger partial charge >= 0.3 is 0 Å². The Labute approximate surface area is 113 Å². The van der Waals surface area contributed by atoms with Crippen LogP contribution in [-0.2, 0) is 17.9 Å². The molecule has 0 radical (unpaired) electrons. The quantitative estimate of drug-likeness (QED) is 0.887. The van der Waals surface area contributed by atoms with Crippen molar-refractivity contribution >= 4 is 16.8 Å². The van der Waals surface area contributed by atoms with E-state index in [1.54, 1.807) is 0 Å². The largest absolute Gasteiger partial charge is 0.392 e. The van der Waals surface area contributed by atoms with Gasteiger partial charge in [0.1, 0.15) is 6.54 Å². The van der Waals surface area contributed by atoms with Crippen LogP contribution < -0.4 is 5.32 Å². The third kappa shape index (κ3) is 3.15. The first-order valence-corrected chi connectivity index (χ1v) is 6.39. The zero-order chi connectivity index (χ0) is 14.0. The lowest BCUT2D eigenvalue weighted by Crippen LogP contribution is -2.42. The zero-order valence-corrected chi connectivity index (χ0v) is 11.6. The van der Waals surface area contributed by atoms with Crippen LogP contribution in [0.4, 0.5) is 0 Å². The molecule has 0 saturated carbocycles. The van der Waals surface area contributed by atoms with Gasteiger partial charge in [-0.1, -0.05) is 18.2 Å². The third-order valence-corrected chi connectivity index (χ3v) is 2.87. The van der Waals surface area contributed by atoms with Crippen molar-refractivity contribution in [2.24, 2.45) is 0 Å². The smallest absolute Gasteiger partial charge is 0.240 e. The van der Waals surface area contributed by atoms with Crippen molar-refractivity contribution in [1.29, 1.82) is 0 Å². The molecular weight excluding hydrogens is 240 g/mol. The van der Waals surface area contributed by atoms with Crippen molar-refractivity contribution in [2.75, 3.05) is 0 Å². The van der Waals surface area contributed by atoms with E-state index in [2.05, 4.69) is 5.32 Å². The van der Waals surface area contributed by atoms with Crippen molar-refractivity contribution in [3.63, 3.8) is 0 Å². The molecule has 0 aliphatic rings. The fourth-order valence-electron chi connectivity index (χ4n) is 2.21. The maximum atomic E-state index is 12.0. The molecule has 0 aliphatic heterocycles. The Hall–Kier alpha value is -1.81. The summed E-state index contributed by atoms with van der Waals surface area (Å²) in [6, 6.07) is 7.72. The first-order chi connectivity index (χ1) is 8.90. The molecule has 0 atom stereocenters. The highest BCUT2D eigenvalue weighted by Crippen LogP contribution is 2.20. The average Bonchev–Trinajstić information content (AvgIpc) is 2.70. The number of fused-ring (bicyclic) bond motifs is 1. The van der Waals surface area contributed by atoms with Crippen LogP contribution in [0.3, 0.4) is 0 Å². The highest BCUT2D eigenvalue weighted by Gasteiger charge is 2.15. The van der Waals surface area contributed by atoms with Gasteiger partial charge in [-0.05, 0) is 32.2 Å². The molecule has 2 rings (SSSR count). The van der Waals surface area contributed by atoms with E-state index in [9.17, 15) is 9.90 Å². The number of carbonyl (C=O) groups is 1. The van der Waals surface area contributed by atoms with Gasteiger partial charge in [0.25, 0.3) is 0 Å². The predicted molar refractivity (Wildman–Crippen MR) is 75.8 cm³/mol. The Balaban J connectivity index is 2.29. The van der Waals surface area contributed by atoms with E-state index in [1.807, 2.05) is 55.8 Å². The zero-order valence-electron chi connectivity index (χ0n) is 11.6. The number of hydrogen-bond acceptors (Lipinski definition) is 2. The number of carbonyl (C=O) groups excluding carboxylic acids is 1. The molecule has 4 nitrogen and oxygen atoms in total. The Morgan fingerprint density at radius 1 is 1.32 bits per heavy atom. The molecule has 0 spiro atoms. The number of amides is 1. The van der Waals surface area contributed by atoms with Gasteiger partial charge in [0, 0.05) is 17.3 Å². The van der Waals surface area contributed by atoms with Crippen LogP contribution in [0.5, 0.6) is 0 Å². The van der Waals surface area contributed by atoms with E-state index in [4.69, 9.17) is 0 Å². The summed E-state index contributed by atoms with van der Waals surface area (Å²) in [6.45, 7) is 6.10. The number of hydrogen-bond donors (Lipinski definition) is 2. The van der Waals surface area contributed by atoms with E-state index < -0.39 is 0 Å². The van der Waals surface area contributed by atoms with Gasteiger partial charge in [0.05, 0.1) is 12.1 Å². The Kier molecular flexibility index (Phi) is 3.62. The second-order valence-corrected chi connectivity index (χ2v) is 5.75. The van der Waals surface area contributed by atoms with Gasteiger partial charge in [-0.2, -0.15) is 0 Å². The number of nitrogens with one attached hydrogen (secondary N) is 1. The van der Waals surface area contributed by atoms with Crippen LogP contribution >= 0.6 is 0 Å². The molecule has 1 aromatic heterocycles. The molecule has 1 amide bonds. The molecule has 1 aromatic carbocycles. The molecule has 0 fully saturated rings. The number of rotatable bonds is 3. The highest BCUT2D eigenvalue weighted by molar-refractivity contribution is 5.85. The number of nitrogens with zero attached hydrogens (tertiary/aromatic N) is 1. The number of para-hydroxylation sites is 1. The molecule has 2 N–H and O–H groups in total. The minimum Gasteiger partial charge on any atom is -0.392 e. The summed E-state index contributed by atoms with van der Waals surface area (Å²) in [5.74, 6) is -0.0299. The molecule has 102 valence electrons. The third-order valence-electron chi connectivity index (χ3n) is 2.87. The van der Waals surface area contributed by atoms with Gasteiger partial charge < -0.3 is 15.0 Å². The van der Waals surface area contributed by atoms with Crippen LogP contribution in [0.25, 0.3) is 10.9 Å². The average molecular weight is 260 g/mol. The molecule has 0 bridgehead atoms. The topological polar surface area (TPSA) is 54.3 Å². The minimum atomic E-state index is -0.236. The molecular formula is C15H20N2O2. The molecule has 1 heterocycles. The lowest BCUT2D eigenvalue weighted by Gasteiger charge is -2.21. The molecule has 2 aromatic rings. The van der Waals surface area contributed by atoms with Crippen molar-refractivity contribution < 1.29 is 9.90 Å². The summed E-state index contributed by atoms with van der Waals surface area (Å²) < 4.78 is 1.88. The molecule has 19 heavy (non-hydrogen) atoms. The van der Waals surface area contributed by atoms with E-state index in [1.165, 1.54) is 0 Å². The highest BCUT2D eigenvalue weighted by atomic mass is 16.3. The second-order valence-electron chi connectivity index (χ2n) is 5.75. The van der Waals surface area contributed by atoms with Crippen LogP contribution in [0, 0.1) is 0 Å². The fraction of sp³-hybridized carbons (Fsp3) is 0.400. The van der Waals surface area contributed by atoms with Crippen LogP contribution in [0.15, 0.2) is 30.5 Å². The van der Waals surface area contributed by atoms with Gasteiger partial charge in [0.2, 0.25) is 5.91 Å². The van der Waals surface area contributed by atoms with E-state index in [0.717, 1.165) is 16.5 Å². The predicted octanol–water partition coefficient (Wildman–Crippen LogP) is 2.05. The Morgan fingerprint density at radius 2 is 2.05 bits per heavy atom. The molecule has 4 heteroatoms. The first-order valence-electron chi connectivity index (χ1n) is 6.39. The fourth-order valence-corrected chi connectivity index (χ4v) is 2.21. The van der Waals surface area contributed by atoms with Gasteiger partial charge in [0.15, 0.2) is 0 Å². The van der Waals surface area contributed by atoms with E-state index in [-0.39, 0.29) is 24.6 Å². The minimum absolute atomic E-state index is 0.0256. The van der Waals surface area contributed by atoms with Gasteiger partial charge in [-0.25, -0.2) is 0 Å². The summed E-state index contributed by atoms with van der Waals surface area (Å²) in [7, 11) is 0. The van der Waals surface area contributed by atoms with Crippen molar-refractivity contribution in [2.45, 2.75) is 39.5 Å². The monoisotopic (exact) mass is 260 g/mol. The number of benzene rings is 1. The number of aromatic nitrogens is 1. The molecule has 0 unspecified atom stereocenters. The Morgan fingerprint density at radius 3 is 2.68 bits per heavy atom. The number of aliphatic hydroxyl groups excluding tert-OH is 1. The van der Waals surface area contributed by atoms with Crippen molar-refractivity contribution in [1.82, 2.24) is 9.88 Å².